The highest BCUT2D eigenvalue weighted by molar-refractivity contribution is 9.10. The Morgan fingerprint density at radius 2 is 2.30 bits per heavy atom. The largest absolute Gasteiger partial charge is 0.378 e. The van der Waals surface area contributed by atoms with E-state index in [1.54, 1.807) is 24.6 Å². The van der Waals surface area contributed by atoms with E-state index in [1.165, 1.54) is 29.4 Å². The van der Waals surface area contributed by atoms with Crippen molar-refractivity contribution >= 4 is 38.9 Å². The average Bonchev–Trinajstić information content (AvgIpc) is 2.86. The van der Waals surface area contributed by atoms with Gasteiger partial charge in [-0.15, -0.1) is 11.3 Å². The number of carbonyl (C=O) groups excluding carboxylic acids is 1. The summed E-state index contributed by atoms with van der Waals surface area (Å²) in [5.74, 6) is -0.826. The summed E-state index contributed by atoms with van der Waals surface area (Å²) in [6, 6.07) is 4.54. The third kappa shape index (κ3) is 3.23. The third-order valence-electron chi connectivity index (χ3n) is 2.61. The van der Waals surface area contributed by atoms with E-state index in [0.717, 1.165) is 0 Å². The Hall–Kier alpha value is -1.31. The minimum Gasteiger partial charge on any atom is -0.378 e. The van der Waals surface area contributed by atoms with Gasteiger partial charge in [0, 0.05) is 24.0 Å². The van der Waals surface area contributed by atoms with Crippen LogP contribution in [0.25, 0.3) is 0 Å². The molecular formula is C13H12BrFN2O2S. The van der Waals surface area contributed by atoms with E-state index in [2.05, 4.69) is 20.9 Å². The van der Waals surface area contributed by atoms with Crippen molar-refractivity contribution in [3.8, 4) is 0 Å². The van der Waals surface area contributed by atoms with E-state index in [-0.39, 0.29) is 17.3 Å². The molecule has 1 aromatic carbocycles. The van der Waals surface area contributed by atoms with E-state index >= 15 is 0 Å². The molecule has 1 aromatic heterocycles. The lowest BCUT2D eigenvalue weighted by Crippen LogP contribution is -2.27. The molecule has 0 saturated carbocycles. The number of amides is 1. The molecule has 0 bridgehead atoms. The second-order valence-corrected chi connectivity index (χ2v) is 5.88. The molecule has 0 radical (unpaired) electrons. The van der Waals surface area contributed by atoms with Crippen LogP contribution >= 0.6 is 27.3 Å². The molecule has 1 amide bonds. The Balaban J connectivity index is 2.22. The van der Waals surface area contributed by atoms with Crippen LogP contribution < -0.4 is 4.90 Å². The van der Waals surface area contributed by atoms with E-state index in [1.807, 2.05) is 0 Å². The highest BCUT2D eigenvalue weighted by Crippen LogP contribution is 2.24. The molecule has 0 unspecified atom stereocenters. The van der Waals surface area contributed by atoms with Gasteiger partial charge in [-0.1, -0.05) is 15.9 Å². The van der Waals surface area contributed by atoms with Gasteiger partial charge in [-0.3, -0.25) is 4.79 Å². The van der Waals surface area contributed by atoms with E-state index in [9.17, 15) is 9.18 Å². The Bertz CT molecular complexity index is 633. The topological polar surface area (TPSA) is 42.4 Å². The monoisotopic (exact) mass is 358 g/mol. The van der Waals surface area contributed by atoms with Crippen molar-refractivity contribution in [1.82, 2.24) is 4.98 Å². The number of hydrogen-bond acceptors (Lipinski definition) is 4. The molecule has 0 aliphatic heterocycles. The lowest BCUT2D eigenvalue weighted by molar-refractivity contribution is 0.0987. The lowest BCUT2D eigenvalue weighted by Gasteiger charge is -2.16. The summed E-state index contributed by atoms with van der Waals surface area (Å²) < 4.78 is 19.4. The number of benzene rings is 1. The highest BCUT2D eigenvalue weighted by Gasteiger charge is 2.19. The van der Waals surface area contributed by atoms with Crippen LogP contribution in [-0.4, -0.2) is 25.0 Å². The molecule has 20 heavy (non-hydrogen) atoms. The van der Waals surface area contributed by atoms with Crippen molar-refractivity contribution in [2.24, 2.45) is 0 Å². The van der Waals surface area contributed by atoms with Gasteiger partial charge in [0.2, 0.25) is 0 Å². The van der Waals surface area contributed by atoms with Crippen LogP contribution in [0.5, 0.6) is 0 Å². The van der Waals surface area contributed by atoms with Gasteiger partial charge in [0.15, 0.2) is 0 Å². The van der Waals surface area contributed by atoms with Crippen molar-refractivity contribution in [3.63, 3.8) is 0 Å². The Kier molecular flexibility index (Phi) is 4.85. The van der Waals surface area contributed by atoms with Crippen molar-refractivity contribution in [1.29, 1.82) is 0 Å². The molecule has 0 aliphatic rings. The minimum atomic E-state index is -0.470. The van der Waals surface area contributed by atoms with Gasteiger partial charge in [-0.05, 0) is 18.2 Å². The Morgan fingerprint density at radius 3 is 2.95 bits per heavy atom. The van der Waals surface area contributed by atoms with E-state index in [4.69, 9.17) is 4.74 Å². The molecule has 2 rings (SSSR count). The SMILES string of the molecule is COCc1nc(C(=O)N(C)c2ccc(Br)cc2F)cs1. The minimum absolute atomic E-state index is 0.208. The van der Waals surface area contributed by atoms with E-state index in [0.29, 0.717) is 16.1 Å². The summed E-state index contributed by atoms with van der Waals surface area (Å²) in [4.78, 5) is 17.7. The fourth-order valence-corrected chi connectivity index (χ4v) is 2.70. The first-order valence-electron chi connectivity index (χ1n) is 5.69. The average molecular weight is 359 g/mol. The molecule has 1 heterocycles. The van der Waals surface area contributed by atoms with E-state index < -0.39 is 5.82 Å². The van der Waals surface area contributed by atoms with Gasteiger partial charge in [-0.25, -0.2) is 9.37 Å². The zero-order valence-corrected chi connectivity index (χ0v) is 13.3. The van der Waals surface area contributed by atoms with Crippen molar-refractivity contribution in [2.45, 2.75) is 6.61 Å². The summed E-state index contributed by atoms with van der Waals surface area (Å²) in [6.07, 6.45) is 0. The zero-order valence-electron chi connectivity index (χ0n) is 10.9. The van der Waals surface area contributed by atoms with Gasteiger partial charge >= 0.3 is 0 Å². The number of ether oxygens (including phenoxy) is 1. The number of halogens is 2. The van der Waals surface area contributed by atoms with Crippen molar-refractivity contribution in [3.05, 3.63) is 44.6 Å². The van der Waals surface area contributed by atoms with Crippen LogP contribution in [0.1, 0.15) is 15.5 Å². The van der Waals surface area contributed by atoms with Gasteiger partial charge < -0.3 is 9.64 Å². The first-order valence-corrected chi connectivity index (χ1v) is 7.36. The molecule has 4 nitrogen and oxygen atoms in total. The summed E-state index contributed by atoms with van der Waals surface area (Å²) in [6.45, 7) is 0.355. The molecule has 7 heteroatoms. The number of methoxy groups -OCH3 is 1. The van der Waals surface area contributed by atoms with Crippen LogP contribution in [0.15, 0.2) is 28.1 Å². The van der Waals surface area contributed by atoms with Gasteiger partial charge in [0.1, 0.15) is 16.5 Å². The number of rotatable bonds is 4. The molecule has 0 fully saturated rings. The fourth-order valence-electron chi connectivity index (χ4n) is 1.63. The second-order valence-electron chi connectivity index (χ2n) is 4.02. The summed E-state index contributed by atoms with van der Waals surface area (Å²) in [5.41, 5.74) is 0.492. The van der Waals surface area contributed by atoms with Crippen LogP contribution in [0.2, 0.25) is 0 Å². The number of carbonyl (C=O) groups is 1. The molecule has 0 atom stereocenters. The summed E-state index contributed by atoms with van der Waals surface area (Å²) in [7, 11) is 3.08. The molecule has 0 spiro atoms. The number of aromatic nitrogens is 1. The molecule has 106 valence electrons. The Labute approximate surface area is 128 Å². The highest BCUT2D eigenvalue weighted by atomic mass is 79.9. The fraction of sp³-hybridized carbons (Fsp3) is 0.231. The maximum Gasteiger partial charge on any atom is 0.277 e. The maximum atomic E-state index is 13.8. The molecule has 0 aliphatic carbocycles. The van der Waals surface area contributed by atoms with Gasteiger partial charge in [0.25, 0.3) is 5.91 Å². The predicted molar refractivity (Wildman–Crippen MR) is 79.7 cm³/mol. The van der Waals surface area contributed by atoms with Crippen LogP contribution in [0, 0.1) is 5.82 Å². The molecule has 0 saturated heterocycles. The van der Waals surface area contributed by atoms with Crippen LogP contribution in [0.4, 0.5) is 10.1 Å². The number of hydrogen-bond donors (Lipinski definition) is 0. The third-order valence-corrected chi connectivity index (χ3v) is 3.93. The van der Waals surface area contributed by atoms with Crippen LogP contribution in [-0.2, 0) is 11.3 Å². The quantitative estimate of drug-likeness (QED) is 0.840. The second kappa shape index (κ2) is 6.43. The molecular weight excluding hydrogens is 347 g/mol. The maximum absolute atomic E-state index is 13.8. The first kappa shape index (κ1) is 15.1. The van der Waals surface area contributed by atoms with Crippen LogP contribution in [0.3, 0.4) is 0 Å². The Morgan fingerprint density at radius 1 is 1.55 bits per heavy atom. The smallest absolute Gasteiger partial charge is 0.277 e. The van der Waals surface area contributed by atoms with Crippen molar-refractivity contribution in [2.75, 3.05) is 19.1 Å². The lowest BCUT2D eigenvalue weighted by atomic mass is 10.2. The first-order chi connectivity index (χ1) is 9.52. The summed E-state index contributed by atoms with van der Waals surface area (Å²) in [5, 5.41) is 2.35. The van der Waals surface area contributed by atoms with Crippen molar-refractivity contribution < 1.29 is 13.9 Å². The number of nitrogens with zero attached hydrogens (tertiary/aromatic N) is 2. The standard InChI is InChI=1S/C13H12BrFN2O2S/c1-17(11-4-3-8(14)5-9(11)15)13(18)10-7-20-12(16-10)6-19-2/h3-5,7H,6H2,1-2H3. The molecule has 0 N–H and O–H groups in total. The summed E-state index contributed by atoms with van der Waals surface area (Å²) >= 11 is 4.52. The molecule has 2 aromatic rings. The van der Waals surface area contributed by atoms with Gasteiger partial charge in [0.05, 0.1) is 12.3 Å². The number of anilines is 1. The van der Waals surface area contributed by atoms with Gasteiger partial charge in [-0.2, -0.15) is 0 Å². The predicted octanol–water partition coefficient (Wildman–Crippen LogP) is 3.47. The number of thiazole rings is 1. The normalized spacial score (nSPS) is 10.6. The zero-order chi connectivity index (χ0) is 14.7.